The molecule has 8 nitrogen and oxygen atoms in total. The Bertz CT molecular complexity index is 1360. The number of sulfonamides is 1. The minimum absolute atomic E-state index is 0.0530. The molecule has 0 bridgehead atoms. The molecule has 0 aliphatic carbocycles. The third-order valence-corrected chi connectivity index (χ3v) is 7.97. The van der Waals surface area contributed by atoms with Crippen LogP contribution in [-0.4, -0.2) is 47.2 Å². The van der Waals surface area contributed by atoms with Crippen LogP contribution in [0.3, 0.4) is 0 Å². The maximum atomic E-state index is 13.5. The Morgan fingerprint density at radius 1 is 1.14 bits per heavy atom. The summed E-state index contributed by atoms with van der Waals surface area (Å²) in [5, 5.41) is 3.12. The van der Waals surface area contributed by atoms with E-state index in [4.69, 9.17) is 25.8 Å². The third-order valence-electron chi connectivity index (χ3n) is 5.94. The Morgan fingerprint density at radius 3 is 2.61 bits per heavy atom. The van der Waals surface area contributed by atoms with Crippen LogP contribution in [0.4, 0.5) is 5.69 Å². The van der Waals surface area contributed by atoms with E-state index in [0.29, 0.717) is 10.8 Å². The van der Waals surface area contributed by atoms with Crippen molar-refractivity contribution < 1.29 is 27.4 Å². The van der Waals surface area contributed by atoms with Crippen molar-refractivity contribution in [2.75, 3.05) is 31.1 Å². The van der Waals surface area contributed by atoms with Crippen LogP contribution >= 0.6 is 11.6 Å². The smallest absolute Gasteiger partial charge is 0.264 e. The molecule has 1 aliphatic rings. The second-order valence-corrected chi connectivity index (χ2v) is 10.6. The lowest BCUT2D eigenvalue weighted by molar-refractivity contribution is -0.127. The fourth-order valence-electron chi connectivity index (χ4n) is 3.79. The molecule has 0 fully saturated rings. The Labute approximate surface area is 215 Å². The molecule has 36 heavy (non-hydrogen) atoms. The zero-order valence-corrected chi connectivity index (χ0v) is 21.7. The molecular weight excluding hydrogens is 504 g/mol. The molecule has 0 saturated heterocycles. The molecule has 1 N–H and O–H groups in total. The van der Waals surface area contributed by atoms with E-state index in [1.807, 2.05) is 32.0 Å². The molecule has 1 heterocycles. The van der Waals surface area contributed by atoms with Gasteiger partial charge < -0.3 is 19.5 Å². The molecule has 0 radical (unpaired) electrons. The van der Waals surface area contributed by atoms with Crippen LogP contribution in [0.15, 0.2) is 65.6 Å². The lowest BCUT2D eigenvalue weighted by Crippen LogP contribution is -2.51. The first-order valence-electron chi connectivity index (χ1n) is 11.3. The van der Waals surface area contributed by atoms with E-state index in [0.717, 1.165) is 21.2 Å². The van der Waals surface area contributed by atoms with Crippen molar-refractivity contribution in [3.63, 3.8) is 0 Å². The summed E-state index contributed by atoms with van der Waals surface area (Å²) in [6.45, 7) is 4.24. The Hall–Kier alpha value is -3.43. The van der Waals surface area contributed by atoms with Gasteiger partial charge in [0.15, 0.2) is 6.10 Å². The topological polar surface area (TPSA) is 94.2 Å². The van der Waals surface area contributed by atoms with Crippen molar-refractivity contribution in [1.29, 1.82) is 0 Å². The first-order chi connectivity index (χ1) is 17.2. The number of nitrogens with zero attached hydrogens (tertiary/aromatic N) is 1. The van der Waals surface area contributed by atoms with Crippen LogP contribution < -0.4 is 23.8 Å². The number of methoxy groups -OCH3 is 1. The number of amides is 1. The summed E-state index contributed by atoms with van der Waals surface area (Å²) in [7, 11) is -2.52. The number of hydrogen-bond donors (Lipinski definition) is 1. The predicted molar refractivity (Wildman–Crippen MR) is 138 cm³/mol. The van der Waals surface area contributed by atoms with E-state index in [1.165, 1.54) is 25.3 Å². The van der Waals surface area contributed by atoms with Gasteiger partial charge in [-0.3, -0.25) is 9.10 Å². The molecule has 3 aromatic rings. The number of rotatable bonds is 8. The predicted octanol–water partition coefficient (Wildman–Crippen LogP) is 4.12. The Kier molecular flexibility index (Phi) is 7.61. The summed E-state index contributed by atoms with van der Waals surface area (Å²) in [6, 6.07) is 16.4. The van der Waals surface area contributed by atoms with Crippen molar-refractivity contribution >= 4 is 33.2 Å². The number of aryl methyl sites for hydroxylation is 1. The van der Waals surface area contributed by atoms with Crippen molar-refractivity contribution in [1.82, 2.24) is 5.32 Å². The highest BCUT2D eigenvalue weighted by molar-refractivity contribution is 7.92. The van der Waals surface area contributed by atoms with E-state index < -0.39 is 22.0 Å². The number of halogens is 1. The highest BCUT2D eigenvalue weighted by Crippen LogP contribution is 2.39. The molecule has 190 valence electrons. The number of ether oxygens (including phenoxy) is 3. The highest BCUT2D eigenvalue weighted by Gasteiger charge is 2.37. The van der Waals surface area contributed by atoms with Gasteiger partial charge in [0.25, 0.3) is 15.9 Å². The Balaban J connectivity index is 1.49. The van der Waals surface area contributed by atoms with Crippen LogP contribution in [0.2, 0.25) is 5.02 Å². The molecule has 1 aliphatic heterocycles. The molecule has 10 heteroatoms. The minimum Gasteiger partial charge on any atom is -0.497 e. The van der Waals surface area contributed by atoms with Crippen LogP contribution in [0.25, 0.3) is 0 Å². The van der Waals surface area contributed by atoms with Gasteiger partial charge in [-0.1, -0.05) is 23.7 Å². The van der Waals surface area contributed by atoms with Crippen LogP contribution in [0.1, 0.15) is 11.1 Å². The average molecular weight is 531 g/mol. The fourth-order valence-corrected chi connectivity index (χ4v) is 5.43. The van der Waals surface area contributed by atoms with E-state index in [9.17, 15) is 13.2 Å². The quantitative estimate of drug-likeness (QED) is 0.440. The largest absolute Gasteiger partial charge is 0.497 e. The minimum atomic E-state index is -4.02. The van der Waals surface area contributed by atoms with Gasteiger partial charge >= 0.3 is 0 Å². The summed E-state index contributed by atoms with van der Waals surface area (Å²) in [6.07, 6.45) is -1.06. The van der Waals surface area contributed by atoms with Gasteiger partial charge in [0.2, 0.25) is 0 Å². The third kappa shape index (κ3) is 5.37. The summed E-state index contributed by atoms with van der Waals surface area (Å²) in [5.74, 6) is 1.07. The number of nitrogens with one attached hydrogen (secondary N) is 1. The molecule has 0 aromatic heterocycles. The monoisotopic (exact) mass is 530 g/mol. The lowest BCUT2D eigenvalue weighted by atomic mass is 10.1. The Morgan fingerprint density at radius 2 is 1.89 bits per heavy atom. The van der Waals surface area contributed by atoms with Crippen molar-refractivity contribution in [2.45, 2.75) is 24.8 Å². The normalized spacial score (nSPS) is 15.0. The number of benzene rings is 3. The molecule has 0 spiro atoms. The standard InChI is InChI=1S/C26H27ClN2O6S/c1-17-5-4-6-23(18(17)2)34-14-13-28-26(30)25-16-29(22-15-19(27)7-12-24(22)35-25)36(31,32)21-10-8-20(33-3)9-11-21/h4-12,15,25H,13-14,16H2,1-3H3,(H,28,30). The van der Waals surface area contributed by atoms with E-state index in [2.05, 4.69) is 5.32 Å². The summed E-state index contributed by atoms with van der Waals surface area (Å²) in [4.78, 5) is 13.0. The second kappa shape index (κ2) is 10.7. The SMILES string of the molecule is COc1ccc(S(=O)(=O)N2CC(C(=O)NCCOc3cccc(C)c3C)Oc3ccc(Cl)cc32)cc1. The van der Waals surface area contributed by atoms with Crippen LogP contribution in [0, 0.1) is 13.8 Å². The first-order valence-corrected chi connectivity index (χ1v) is 13.1. The van der Waals surface area contributed by atoms with Crippen molar-refractivity contribution in [3.05, 3.63) is 76.8 Å². The number of carbonyl (C=O) groups is 1. The molecule has 1 unspecified atom stereocenters. The molecule has 3 aromatic carbocycles. The van der Waals surface area contributed by atoms with Gasteiger partial charge in [0, 0.05) is 5.02 Å². The van der Waals surface area contributed by atoms with Gasteiger partial charge in [-0.15, -0.1) is 0 Å². The van der Waals surface area contributed by atoms with Crippen LogP contribution in [0.5, 0.6) is 17.2 Å². The molecule has 1 atom stereocenters. The zero-order chi connectivity index (χ0) is 25.9. The number of carbonyl (C=O) groups excluding carboxylic acids is 1. The van der Waals surface area contributed by atoms with Crippen molar-refractivity contribution in [3.8, 4) is 17.2 Å². The van der Waals surface area contributed by atoms with Gasteiger partial charge in [-0.05, 0) is 73.5 Å². The molecule has 0 saturated carbocycles. The highest BCUT2D eigenvalue weighted by atomic mass is 35.5. The maximum absolute atomic E-state index is 13.5. The maximum Gasteiger partial charge on any atom is 0.264 e. The van der Waals surface area contributed by atoms with Gasteiger partial charge in [-0.2, -0.15) is 0 Å². The number of hydrogen-bond acceptors (Lipinski definition) is 6. The van der Waals surface area contributed by atoms with E-state index in [-0.39, 0.29) is 36.0 Å². The average Bonchev–Trinajstić information content (AvgIpc) is 2.88. The molecule has 4 rings (SSSR count). The number of fused-ring (bicyclic) bond motifs is 1. The number of anilines is 1. The summed E-state index contributed by atoms with van der Waals surface area (Å²) in [5.41, 5.74) is 2.42. The molecule has 1 amide bonds. The van der Waals surface area contributed by atoms with Crippen LogP contribution in [-0.2, 0) is 14.8 Å². The lowest BCUT2D eigenvalue weighted by Gasteiger charge is -2.34. The van der Waals surface area contributed by atoms with E-state index >= 15 is 0 Å². The van der Waals surface area contributed by atoms with E-state index in [1.54, 1.807) is 24.3 Å². The van der Waals surface area contributed by atoms with Gasteiger partial charge in [0.1, 0.15) is 23.9 Å². The van der Waals surface area contributed by atoms with Crippen molar-refractivity contribution in [2.24, 2.45) is 0 Å². The summed E-state index contributed by atoms with van der Waals surface area (Å²) >= 11 is 6.15. The first kappa shape index (κ1) is 25.7. The van der Waals surface area contributed by atoms with Gasteiger partial charge in [0.05, 0.1) is 30.8 Å². The summed E-state index contributed by atoms with van der Waals surface area (Å²) < 4.78 is 45.0. The van der Waals surface area contributed by atoms with Gasteiger partial charge in [-0.25, -0.2) is 8.42 Å². The second-order valence-electron chi connectivity index (χ2n) is 8.27. The fraction of sp³-hybridized carbons (Fsp3) is 0.269. The zero-order valence-electron chi connectivity index (χ0n) is 20.2. The molecular formula is C26H27ClN2O6S.